The van der Waals surface area contributed by atoms with Crippen molar-refractivity contribution in [1.29, 1.82) is 0 Å². The van der Waals surface area contributed by atoms with E-state index in [9.17, 15) is 4.79 Å². The van der Waals surface area contributed by atoms with Crippen LogP contribution in [0.5, 0.6) is 0 Å². The molecule has 7 heteroatoms. The summed E-state index contributed by atoms with van der Waals surface area (Å²) < 4.78 is 2.37. The maximum Gasteiger partial charge on any atom is 0.260 e. The molecule has 0 aliphatic heterocycles. The molecule has 0 aliphatic carbocycles. The lowest BCUT2D eigenvalue weighted by atomic mass is 10.2. The van der Waals surface area contributed by atoms with Crippen molar-refractivity contribution >= 4 is 33.5 Å². The van der Waals surface area contributed by atoms with E-state index in [1.54, 1.807) is 23.9 Å². The number of nitrogens with two attached hydrogens (primary N) is 1. The summed E-state index contributed by atoms with van der Waals surface area (Å²) in [6.07, 6.45) is 1.54. The van der Waals surface area contributed by atoms with Gasteiger partial charge < -0.3 is 11.1 Å². The number of nitrogens with zero attached hydrogens (tertiary/aromatic N) is 3. The molecule has 0 fully saturated rings. The standard InChI is InChI=1S/C11H12BrN5O/c1-6-3-9(16-17(6)2)15-11(18)8-4-7(12)5-14-10(8)13/h3-5H,1-2H3,(H2,13,14)(H,15,16,18). The summed E-state index contributed by atoms with van der Waals surface area (Å²) in [7, 11) is 1.81. The molecular weight excluding hydrogens is 298 g/mol. The highest BCUT2D eigenvalue weighted by atomic mass is 79.9. The number of rotatable bonds is 2. The summed E-state index contributed by atoms with van der Waals surface area (Å²) >= 11 is 3.25. The lowest BCUT2D eigenvalue weighted by molar-refractivity contribution is 0.102. The predicted molar refractivity (Wildman–Crippen MR) is 72.2 cm³/mol. The Morgan fingerprint density at radius 3 is 2.83 bits per heavy atom. The Labute approximate surface area is 112 Å². The third-order valence-corrected chi connectivity index (χ3v) is 2.92. The van der Waals surface area contributed by atoms with Crippen LogP contribution in [0.4, 0.5) is 11.6 Å². The second-order valence-corrected chi connectivity index (χ2v) is 4.75. The molecular formula is C11H12BrN5O. The van der Waals surface area contributed by atoms with Gasteiger partial charge in [-0.25, -0.2) is 4.98 Å². The molecule has 2 rings (SSSR count). The minimum Gasteiger partial charge on any atom is -0.383 e. The number of aromatic nitrogens is 3. The fourth-order valence-corrected chi connectivity index (χ4v) is 1.77. The number of amides is 1. The van der Waals surface area contributed by atoms with Gasteiger partial charge in [0.15, 0.2) is 5.82 Å². The van der Waals surface area contributed by atoms with Crippen molar-refractivity contribution in [3.05, 3.63) is 34.1 Å². The number of hydrogen-bond acceptors (Lipinski definition) is 4. The van der Waals surface area contributed by atoms with Gasteiger partial charge in [-0.2, -0.15) is 5.10 Å². The molecule has 2 aromatic heterocycles. The largest absolute Gasteiger partial charge is 0.383 e. The fourth-order valence-electron chi connectivity index (χ4n) is 1.44. The molecule has 0 spiro atoms. The summed E-state index contributed by atoms with van der Waals surface area (Å²) in [5.74, 6) is 0.335. The molecule has 0 saturated carbocycles. The number of aryl methyl sites for hydroxylation is 2. The second-order valence-electron chi connectivity index (χ2n) is 3.84. The number of halogens is 1. The van der Waals surface area contributed by atoms with Crippen molar-refractivity contribution in [2.75, 3.05) is 11.1 Å². The molecule has 0 atom stereocenters. The first-order valence-electron chi connectivity index (χ1n) is 5.20. The van der Waals surface area contributed by atoms with Crippen molar-refractivity contribution in [3.63, 3.8) is 0 Å². The molecule has 2 heterocycles. The van der Waals surface area contributed by atoms with Crippen LogP contribution in [-0.2, 0) is 7.05 Å². The van der Waals surface area contributed by atoms with E-state index in [2.05, 4.69) is 31.3 Å². The van der Waals surface area contributed by atoms with E-state index in [-0.39, 0.29) is 11.7 Å². The first-order valence-corrected chi connectivity index (χ1v) is 5.99. The zero-order valence-electron chi connectivity index (χ0n) is 9.94. The van der Waals surface area contributed by atoms with Gasteiger partial charge in [0.05, 0.1) is 5.56 Å². The first-order chi connectivity index (χ1) is 8.47. The minimum atomic E-state index is -0.334. The Bertz CT molecular complexity index is 588. The average Bonchev–Trinajstić information content (AvgIpc) is 2.61. The van der Waals surface area contributed by atoms with Gasteiger partial charge in [-0.1, -0.05) is 0 Å². The smallest absolute Gasteiger partial charge is 0.260 e. The van der Waals surface area contributed by atoms with Gasteiger partial charge in [0.25, 0.3) is 5.91 Å². The molecule has 0 radical (unpaired) electrons. The molecule has 0 saturated heterocycles. The van der Waals surface area contributed by atoms with Crippen LogP contribution in [0.1, 0.15) is 16.1 Å². The Morgan fingerprint density at radius 2 is 2.22 bits per heavy atom. The maximum atomic E-state index is 12.0. The van der Waals surface area contributed by atoms with Gasteiger partial charge in [-0.15, -0.1) is 0 Å². The third-order valence-electron chi connectivity index (χ3n) is 2.49. The van der Waals surface area contributed by atoms with E-state index in [0.29, 0.717) is 15.9 Å². The normalized spacial score (nSPS) is 10.4. The van der Waals surface area contributed by atoms with Crippen molar-refractivity contribution in [2.24, 2.45) is 7.05 Å². The molecule has 0 aromatic carbocycles. The average molecular weight is 310 g/mol. The number of pyridine rings is 1. The van der Waals surface area contributed by atoms with E-state index < -0.39 is 0 Å². The molecule has 0 aliphatic rings. The number of carbonyl (C=O) groups is 1. The molecule has 3 N–H and O–H groups in total. The first kappa shape index (κ1) is 12.6. The summed E-state index contributed by atoms with van der Waals surface area (Å²) in [6.45, 7) is 1.90. The van der Waals surface area contributed by atoms with Crippen molar-refractivity contribution < 1.29 is 4.79 Å². The molecule has 0 bridgehead atoms. The van der Waals surface area contributed by atoms with E-state index in [1.165, 1.54) is 6.20 Å². The molecule has 2 aromatic rings. The highest BCUT2D eigenvalue weighted by molar-refractivity contribution is 9.10. The molecule has 1 amide bonds. The summed E-state index contributed by atoms with van der Waals surface area (Å²) in [5, 5.41) is 6.82. The quantitative estimate of drug-likeness (QED) is 0.884. The highest BCUT2D eigenvalue weighted by Gasteiger charge is 2.13. The SMILES string of the molecule is Cc1cc(NC(=O)c2cc(Br)cnc2N)nn1C. The lowest BCUT2D eigenvalue weighted by Crippen LogP contribution is -2.15. The van der Waals surface area contributed by atoms with E-state index in [0.717, 1.165) is 5.69 Å². The van der Waals surface area contributed by atoms with Gasteiger partial charge in [-0.05, 0) is 28.9 Å². The summed E-state index contributed by atoms with van der Waals surface area (Å²) in [5.41, 5.74) is 6.92. The van der Waals surface area contributed by atoms with Gasteiger partial charge in [-0.3, -0.25) is 9.48 Å². The van der Waals surface area contributed by atoms with Crippen LogP contribution in [-0.4, -0.2) is 20.7 Å². The van der Waals surface area contributed by atoms with Gasteiger partial charge in [0.1, 0.15) is 5.82 Å². The monoisotopic (exact) mass is 309 g/mol. The van der Waals surface area contributed by atoms with E-state index in [1.807, 2.05) is 6.92 Å². The van der Waals surface area contributed by atoms with Crippen LogP contribution in [0.2, 0.25) is 0 Å². The van der Waals surface area contributed by atoms with Gasteiger partial charge in [0.2, 0.25) is 0 Å². The highest BCUT2D eigenvalue weighted by Crippen LogP contribution is 2.17. The minimum absolute atomic E-state index is 0.184. The van der Waals surface area contributed by atoms with Gasteiger partial charge in [0, 0.05) is 29.5 Å². The fraction of sp³-hybridized carbons (Fsp3) is 0.182. The summed E-state index contributed by atoms with van der Waals surface area (Å²) in [6, 6.07) is 3.40. The van der Waals surface area contributed by atoms with Crippen LogP contribution in [0.15, 0.2) is 22.8 Å². The lowest BCUT2D eigenvalue weighted by Gasteiger charge is -2.04. The van der Waals surface area contributed by atoms with Gasteiger partial charge >= 0.3 is 0 Å². The molecule has 0 unspecified atom stereocenters. The third kappa shape index (κ3) is 2.51. The van der Waals surface area contributed by atoms with Crippen LogP contribution >= 0.6 is 15.9 Å². The Morgan fingerprint density at radius 1 is 1.50 bits per heavy atom. The van der Waals surface area contributed by atoms with E-state index >= 15 is 0 Å². The topological polar surface area (TPSA) is 85.8 Å². The number of hydrogen-bond donors (Lipinski definition) is 2. The number of nitrogens with one attached hydrogen (secondary N) is 1. The van der Waals surface area contributed by atoms with Crippen molar-refractivity contribution in [1.82, 2.24) is 14.8 Å². The second kappa shape index (κ2) is 4.77. The van der Waals surface area contributed by atoms with E-state index in [4.69, 9.17) is 5.73 Å². The maximum absolute atomic E-state index is 12.0. The number of carbonyl (C=O) groups excluding carboxylic acids is 1. The predicted octanol–water partition coefficient (Wildman–Crippen LogP) is 1.72. The van der Waals surface area contributed by atoms with Crippen LogP contribution in [0, 0.1) is 6.92 Å². The molecule has 6 nitrogen and oxygen atoms in total. The Balaban J connectivity index is 2.24. The zero-order chi connectivity index (χ0) is 13.3. The van der Waals surface area contributed by atoms with Crippen LogP contribution < -0.4 is 11.1 Å². The zero-order valence-corrected chi connectivity index (χ0v) is 11.5. The summed E-state index contributed by atoms with van der Waals surface area (Å²) in [4.78, 5) is 15.9. The molecule has 94 valence electrons. The van der Waals surface area contributed by atoms with Crippen molar-refractivity contribution in [3.8, 4) is 0 Å². The van der Waals surface area contributed by atoms with Crippen LogP contribution in [0.25, 0.3) is 0 Å². The van der Waals surface area contributed by atoms with Crippen LogP contribution in [0.3, 0.4) is 0 Å². The van der Waals surface area contributed by atoms with Crippen molar-refractivity contribution in [2.45, 2.75) is 6.92 Å². The molecule has 18 heavy (non-hydrogen) atoms. The number of anilines is 2. The number of nitrogen functional groups attached to an aromatic ring is 1. The Kier molecular flexibility index (Phi) is 3.33. The Hall–Kier alpha value is -1.89.